The summed E-state index contributed by atoms with van der Waals surface area (Å²) in [6.45, 7) is 7.39. The second kappa shape index (κ2) is 14.4. The number of aliphatic hydroxyl groups excluding tert-OH is 4. The second-order valence-electron chi connectivity index (χ2n) is 17.1. The Bertz CT molecular complexity index is 1370. The lowest BCUT2D eigenvalue weighted by Gasteiger charge is -2.64. The van der Waals surface area contributed by atoms with Crippen LogP contribution in [-0.4, -0.2) is 131 Å². The van der Waals surface area contributed by atoms with Gasteiger partial charge >= 0.3 is 11.9 Å². The van der Waals surface area contributed by atoms with Crippen LogP contribution in [0.5, 0.6) is 0 Å². The van der Waals surface area contributed by atoms with Crippen molar-refractivity contribution < 1.29 is 68.3 Å². The number of ether oxygens (including phenoxy) is 7. The molecule has 0 radical (unpaired) electrons. The number of esters is 2. The molecule has 4 saturated carbocycles. The zero-order valence-corrected chi connectivity index (χ0v) is 30.9. The molecule has 3 heterocycles. The first-order chi connectivity index (χ1) is 24.6. The Kier molecular flexibility index (Phi) is 10.7. The third-order valence-electron chi connectivity index (χ3n) is 14.7. The van der Waals surface area contributed by atoms with Gasteiger partial charge in [-0.15, -0.1) is 0 Å². The van der Waals surface area contributed by atoms with E-state index in [0.717, 1.165) is 63.4 Å². The molecule has 7 rings (SSSR count). The Morgan fingerprint density at radius 2 is 1.67 bits per heavy atom. The first kappa shape index (κ1) is 38.6. The Hall–Kier alpha value is -1.72. The number of hydrogen-bond donors (Lipinski definition) is 5. The molecule has 18 unspecified atom stereocenters. The smallest absolute Gasteiger partial charge is 0.331 e. The van der Waals surface area contributed by atoms with Crippen molar-refractivity contribution in [1.82, 2.24) is 0 Å². The van der Waals surface area contributed by atoms with E-state index >= 15 is 0 Å². The van der Waals surface area contributed by atoms with Crippen LogP contribution in [0.4, 0.5) is 0 Å². The Morgan fingerprint density at radius 3 is 2.35 bits per heavy atom. The van der Waals surface area contributed by atoms with Gasteiger partial charge in [0.1, 0.15) is 43.2 Å². The zero-order chi connectivity index (χ0) is 37.3. The maximum absolute atomic E-state index is 12.6. The van der Waals surface area contributed by atoms with Crippen LogP contribution in [-0.2, 0) is 42.7 Å². The molecule has 0 amide bonds. The van der Waals surface area contributed by atoms with Crippen molar-refractivity contribution in [3.8, 4) is 0 Å². The average Bonchev–Trinajstić information content (AvgIpc) is 3.65. The highest BCUT2D eigenvalue weighted by atomic mass is 16.8. The Labute approximate surface area is 305 Å². The predicted octanol–water partition coefficient (Wildman–Crippen LogP) is 1.51. The number of carbonyl (C=O) groups is 2. The fraction of sp³-hybridized carbons (Fsp3) is 0.895. The summed E-state index contributed by atoms with van der Waals surface area (Å²) in [6, 6.07) is 0. The predicted molar refractivity (Wildman–Crippen MR) is 180 cm³/mol. The monoisotopic (exact) mass is 738 g/mol. The van der Waals surface area contributed by atoms with Crippen LogP contribution in [0.1, 0.15) is 85.5 Å². The summed E-state index contributed by atoms with van der Waals surface area (Å²) >= 11 is 0. The van der Waals surface area contributed by atoms with Crippen molar-refractivity contribution in [3.63, 3.8) is 0 Å². The highest BCUT2D eigenvalue weighted by Gasteiger charge is 2.68. The van der Waals surface area contributed by atoms with Gasteiger partial charge in [-0.1, -0.05) is 13.8 Å². The molecule has 0 spiro atoms. The Morgan fingerprint density at radius 1 is 0.904 bits per heavy atom. The van der Waals surface area contributed by atoms with Crippen LogP contribution in [0.3, 0.4) is 0 Å². The molecule has 14 heteroatoms. The summed E-state index contributed by atoms with van der Waals surface area (Å²) in [4.78, 5) is 24.3. The van der Waals surface area contributed by atoms with E-state index in [1.165, 1.54) is 14.0 Å². The van der Waals surface area contributed by atoms with E-state index in [1.54, 1.807) is 13.0 Å². The fourth-order valence-corrected chi connectivity index (χ4v) is 11.9. The van der Waals surface area contributed by atoms with Gasteiger partial charge in [-0.05, 0) is 99.4 Å². The van der Waals surface area contributed by atoms with Gasteiger partial charge in [0.2, 0.25) is 0 Å². The van der Waals surface area contributed by atoms with Gasteiger partial charge in [0.15, 0.2) is 18.7 Å². The number of carbonyl (C=O) groups excluding carboxylic acids is 2. The summed E-state index contributed by atoms with van der Waals surface area (Å²) in [5, 5.41) is 53.4. The van der Waals surface area contributed by atoms with E-state index in [-0.39, 0.29) is 34.7 Å². The maximum Gasteiger partial charge on any atom is 0.331 e. The van der Waals surface area contributed by atoms with Crippen molar-refractivity contribution in [3.05, 3.63) is 11.6 Å². The largest absolute Gasteiger partial charge is 0.458 e. The van der Waals surface area contributed by atoms with E-state index in [9.17, 15) is 35.1 Å². The highest BCUT2D eigenvalue weighted by molar-refractivity contribution is 5.85. The molecule has 4 aliphatic carbocycles. The molecule has 14 nitrogen and oxygen atoms in total. The number of hydrogen-bond acceptors (Lipinski definition) is 14. The lowest BCUT2D eigenvalue weighted by molar-refractivity contribution is -0.362. The normalized spacial score (nSPS) is 51.8. The minimum atomic E-state index is -1.63. The van der Waals surface area contributed by atoms with Crippen molar-refractivity contribution in [2.75, 3.05) is 20.3 Å². The Balaban J connectivity index is 1.03. The lowest BCUT2D eigenvalue weighted by atomic mass is 9.43. The minimum absolute atomic E-state index is 0.0268. The van der Waals surface area contributed by atoms with Gasteiger partial charge in [-0.2, -0.15) is 0 Å². The van der Waals surface area contributed by atoms with E-state index in [4.69, 9.17) is 33.2 Å². The summed E-state index contributed by atoms with van der Waals surface area (Å²) in [6.07, 6.45) is -2.55. The molecular weight excluding hydrogens is 680 g/mol. The molecule has 294 valence electrons. The van der Waals surface area contributed by atoms with Gasteiger partial charge < -0.3 is 58.7 Å². The summed E-state index contributed by atoms with van der Waals surface area (Å²) < 4.78 is 41.5. The second-order valence-corrected chi connectivity index (χ2v) is 17.1. The molecule has 0 bridgehead atoms. The first-order valence-corrected chi connectivity index (χ1v) is 19.2. The standard InChI is InChI=1S/C38H58O14/c1-18-31(52-34-30(44)29(43)28(42)26(16-39)51-34)32(46-5)33(49-19(2)40)35(48-18)50-22-8-11-36(3)21(15-22)6-7-25-24(36)9-12-37(4)23(10-13-38(25,37)45)20-14-27(41)47-17-20/h14,18,21-26,28-35,39,42-45H,6-13,15-17H2,1-5H3. The molecule has 0 aromatic rings. The van der Waals surface area contributed by atoms with E-state index in [2.05, 4.69) is 13.8 Å². The quantitative estimate of drug-likeness (QED) is 0.177. The molecule has 0 aromatic heterocycles. The molecule has 6 fully saturated rings. The number of fused-ring (bicyclic) bond motifs is 5. The van der Waals surface area contributed by atoms with Gasteiger partial charge in [0.05, 0.1) is 24.4 Å². The van der Waals surface area contributed by atoms with Crippen LogP contribution in [0, 0.1) is 34.5 Å². The van der Waals surface area contributed by atoms with Crippen molar-refractivity contribution in [1.29, 1.82) is 0 Å². The zero-order valence-electron chi connectivity index (χ0n) is 30.9. The first-order valence-electron chi connectivity index (χ1n) is 19.2. The lowest BCUT2D eigenvalue weighted by Crippen LogP contribution is -2.65. The van der Waals surface area contributed by atoms with Crippen molar-refractivity contribution in [2.24, 2.45) is 34.5 Å². The van der Waals surface area contributed by atoms with Crippen LogP contribution in [0.2, 0.25) is 0 Å². The fourth-order valence-electron chi connectivity index (χ4n) is 11.9. The summed E-state index contributed by atoms with van der Waals surface area (Å²) in [5.74, 6) is 0.237. The van der Waals surface area contributed by atoms with Crippen molar-refractivity contribution >= 4 is 11.9 Å². The van der Waals surface area contributed by atoms with Gasteiger partial charge in [-0.3, -0.25) is 4.79 Å². The molecule has 5 N–H and O–H groups in total. The number of methoxy groups -OCH3 is 1. The van der Waals surface area contributed by atoms with Crippen LogP contribution < -0.4 is 0 Å². The minimum Gasteiger partial charge on any atom is -0.458 e. The summed E-state index contributed by atoms with van der Waals surface area (Å²) in [5.41, 5.74) is -0.0196. The third kappa shape index (κ3) is 6.26. The molecule has 52 heavy (non-hydrogen) atoms. The number of rotatable bonds is 8. The maximum atomic E-state index is 12.6. The van der Waals surface area contributed by atoms with Gasteiger partial charge in [0, 0.05) is 25.5 Å². The van der Waals surface area contributed by atoms with Crippen LogP contribution >= 0.6 is 0 Å². The molecule has 0 aromatic carbocycles. The van der Waals surface area contributed by atoms with Gasteiger partial charge in [0.25, 0.3) is 0 Å². The molecular formula is C38H58O14. The molecule has 18 atom stereocenters. The topological polar surface area (TPSA) is 200 Å². The van der Waals surface area contributed by atoms with E-state index in [0.29, 0.717) is 18.4 Å². The molecule has 7 aliphatic rings. The average molecular weight is 739 g/mol. The van der Waals surface area contributed by atoms with Gasteiger partial charge in [-0.25, -0.2) is 4.79 Å². The third-order valence-corrected chi connectivity index (χ3v) is 14.7. The molecule has 2 saturated heterocycles. The molecule has 3 aliphatic heterocycles. The van der Waals surface area contributed by atoms with Crippen LogP contribution in [0.25, 0.3) is 0 Å². The van der Waals surface area contributed by atoms with E-state index < -0.39 is 79.6 Å². The van der Waals surface area contributed by atoms with Crippen LogP contribution in [0.15, 0.2) is 11.6 Å². The summed E-state index contributed by atoms with van der Waals surface area (Å²) in [7, 11) is 1.44. The van der Waals surface area contributed by atoms with Crippen molar-refractivity contribution in [2.45, 2.75) is 159 Å². The number of cyclic esters (lactones) is 1. The van der Waals surface area contributed by atoms with E-state index in [1.807, 2.05) is 0 Å². The SMILES string of the molecule is COC1C(OC2OC(CO)C(O)C(O)C2O)C(C)OC(OC2CCC3(C)C(CCC4C3CCC3(C)C(C5=CC(=O)OC5)CCC43O)C2)C1OC(C)=O. The number of aliphatic hydroxyl groups is 5. The highest BCUT2D eigenvalue weighted by Crippen LogP contribution is 2.70.